The fourth-order valence-corrected chi connectivity index (χ4v) is 11.6. The average Bonchev–Trinajstić information content (AvgIpc) is 3.16. The molecular formula is C41H43ClO3P2. The zero-order valence-electron chi connectivity index (χ0n) is 27.2. The number of alkyl halides is 1. The fraction of sp³-hybridized carbons (Fsp3) is 0.122. The summed E-state index contributed by atoms with van der Waals surface area (Å²) in [6.07, 6.45) is 1.14. The van der Waals surface area contributed by atoms with Gasteiger partial charge in [-0.05, 0) is 67.2 Å². The van der Waals surface area contributed by atoms with Gasteiger partial charge >= 0.3 is 0 Å². The number of hydrogen-bond donors (Lipinski definition) is 0. The molecule has 0 unspecified atom stereocenters. The summed E-state index contributed by atoms with van der Waals surface area (Å²) in [6, 6.07) is 65.3. The molecular weight excluding hydrogens is 638 g/mol. The van der Waals surface area contributed by atoms with Crippen molar-refractivity contribution in [3.05, 3.63) is 182 Å². The Bertz CT molecular complexity index is 1420. The van der Waals surface area contributed by atoms with E-state index >= 15 is 0 Å². The average molecular weight is 681 g/mol. The maximum atomic E-state index is 8.58. The number of halogens is 1. The monoisotopic (exact) mass is 680 g/mol. The first kappa shape index (κ1) is 37.8. The first-order valence-electron chi connectivity index (χ1n) is 15.5. The Labute approximate surface area is 287 Å². The predicted octanol–water partition coefficient (Wildman–Crippen LogP) is 7.53. The van der Waals surface area contributed by atoms with Crippen LogP contribution >= 0.6 is 26.8 Å². The van der Waals surface area contributed by atoms with Gasteiger partial charge in [0.25, 0.3) is 0 Å². The third-order valence-corrected chi connectivity index (χ3v) is 14.1. The molecule has 6 rings (SSSR count). The van der Waals surface area contributed by atoms with Gasteiger partial charge in [0.1, 0.15) is 23.2 Å². The normalized spacial score (nSPS) is 10.3. The highest BCUT2D eigenvalue weighted by atomic mass is 35.5. The molecule has 0 bridgehead atoms. The van der Waals surface area contributed by atoms with Crippen LogP contribution < -0.4 is 37.1 Å². The highest BCUT2D eigenvalue weighted by Gasteiger charge is 2.43. The van der Waals surface area contributed by atoms with E-state index in [-0.39, 0.29) is 0 Å². The molecule has 242 valence electrons. The molecule has 6 heteroatoms. The molecule has 0 aliphatic carbocycles. The molecule has 0 N–H and O–H groups in total. The molecule has 47 heavy (non-hydrogen) atoms. The number of rotatable bonds is 8. The van der Waals surface area contributed by atoms with Gasteiger partial charge in [0, 0.05) is 5.88 Å². The van der Waals surface area contributed by atoms with Crippen molar-refractivity contribution < 1.29 is 15.2 Å². The van der Waals surface area contributed by atoms with Crippen molar-refractivity contribution in [2.24, 2.45) is 0 Å². The van der Waals surface area contributed by atoms with E-state index in [2.05, 4.69) is 199 Å². The van der Waals surface area contributed by atoms with Crippen LogP contribution in [0.3, 0.4) is 0 Å². The maximum absolute atomic E-state index is 8.58. The Morgan fingerprint density at radius 1 is 0.489 bits per heavy atom. The highest BCUT2D eigenvalue weighted by molar-refractivity contribution is 7.95. The summed E-state index contributed by atoms with van der Waals surface area (Å²) in [6.45, 7) is 4.21. The highest BCUT2D eigenvalue weighted by Crippen LogP contribution is 2.54. The van der Waals surface area contributed by atoms with Gasteiger partial charge in [-0.15, -0.1) is 11.6 Å². The first-order valence-corrected chi connectivity index (χ1v) is 19.4. The van der Waals surface area contributed by atoms with Crippen LogP contribution in [-0.4, -0.2) is 19.2 Å². The largest absolute Gasteiger partial charge is 0.692 e. The Kier molecular flexibility index (Phi) is 17.7. The van der Waals surface area contributed by atoms with E-state index in [1.54, 1.807) is 0 Å². The van der Waals surface area contributed by atoms with E-state index in [4.69, 9.17) is 16.9 Å². The zero-order chi connectivity index (χ0) is 33.6. The lowest BCUT2D eigenvalue weighted by Crippen LogP contribution is -2.32. The minimum absolute atomic E-state index is 0.446. The lowest BCUT2D eigenvalue weighted by molar-refractivity contribution is -0.796. The van der Waals surface area contributed by atoms with Crippen molar-refractivity contribution in [3.63, 3.8) is 0 Å². The number of benzene rings is 6. The van der Waals surface area contributed by atoms with E-state index in [9.17, 15) is 0 Å². The SMILES string of the molecule is CCCl.CC[P+](c1ccccc1)(c1ccccc1)c1ccccc1.COO[O-].c1ccc(P(c2ccccc2)c2ccccc2)cc1. The number of hydrogen-bond acceptors (Lipinski definition) is 3. The van der Waals surface area contributed by atoms with Crippen molar-refractivity contribution in [3.8, 4) is 0 Å². The molecule has 0 fully saturated rings. The summed E-state index contributed by atoms with van der Waals surface area (Å²) in [7, 11) is -0.834. The van der Waals surface area contributed by atoms with Crippen LogP contribution in [0, 0.1) is 0 Å². The smallest absolute Gasteiger partial charge is 0.111 e. The lowest BCUT2D eigenvalue weighted by Gasteiger charge is -2.26. The molecule has 0 saturated heterocycles. The van der Waals surface area contributed by atoms with Gasteiger partial charge in [-0.1, -0.05) is 153 Å². The van der Waals surface area contributed by atoms with Crippen LogP contribution in [0.15, 0.2) is 182 Å². The third kappa shape index (κ3) is 11.2. The van der Waals surface area contributed by atoms with Gasteiger partial charge < -0.3 is 5.26 Å². The molecule has 6 aromatic carbocycles. The van der Waals surface area contributed by atoms with Crippen molar-refractivity contribution >= 4 is 58.6 Å². The standard InChI is InChI=1S/C20H20P.C18H15P.C2H5Cl.CH4O3/c1-2-21(18-12-6-3-7-13-18,19-14-8-4-9-15-19)20-16-10-5-11-17-20;1-4-10-16(11-5-1)19(17-12-6-2-7-13-17)18-14-8-3-9-15-18;1-2-3;1-3-4-2/h3-17H,2H2,1H3;1-15H;2H2,1H3;2H,1H3/q+1;;;/p-1. The van der Waals surface area contributed by atoms with Gasteiger partial charge in [0.05, 0.1) is 13.3 Å². The second-order valence-electron chi connectivity index (χ2n) is 9.98. The minimum atomic E-state index is -1.53. The molecule has 0 spiro atoms. The summed E-state index contributed by atoms with van der Waals surface area (Å²) < 4.78 is 0. The molecule has 3 nitrogen and oxygen atoms in total. The van der Waals surface area contributed by atoms with Crippen LogP contribution in [-0.2, 0) is 9.93 Å². The Morgan fingerprint density at radius 3 is 0.894 bits per heavy atom. The van der Waals surface area contributed by atoms with Gasteiger partial charge in [-0.3, -0.25) is 5.04 Å². The van der Waals surface area contributed by atoms with E-state index in [0.29, 0.717) is 0 Å². The Balaban J connectivity index is 0.000000214. The van der Waals surface area contributed by atoms with Crippen LogP contribution in [0.2, 0.25) is 0 Å². The lowest BCUT2D eigenvalue weighted by atomic mass is 10.4. The predicted molar refractivity (Wildman–Crippen MR) is 205 cm³/mol. The second kappa shape index (κ2) is 22.0. The van der Waals surface area contributed by atoms with Gasteiger partial charge in [0.15, 0.2) is 0 Å². The van der Waals surface area contributed by atoms with Crippen LogP contribution in [0.25, 0.3) is 0 Å². The fourth-order valence-electron chi connectivity index (χ4n) is 5.22. The van der Waals surface area contributed by atoms with E-state index < -0.39 is 15.2 Å². The summed E-state index contributed by atoms with van der Waals surface area (Å²) >= 11 is 5.00. The van der Waals surface area contributed by atoms with Gasteiger partial charge in [0.2, 0.25) is 0 Å². The van der Waals surface area contributed by atoms with Crippen molar-refractivity contribution in [1.29, 1.82) is 0 Å². The van der Waals surface area contributed by atoms with Crippen molar-refractivity contribution in [2.75, 3.05) is 19.2 Å². The van der Waals surface area contributed by atoms with Crippen molar-refractivity contribution in [2.45, 2.75) is 13.8 Å². The van der Waals surface area contributed by atoms with E-state index in [1.807, 2.05) is 6.92 Å². The molecule has 0 atom stereocenters. The minimum Gasteiger partial charge on any atom is -0.692 e. The molecule has 0 amide bonds. The van der Waals surface area contributed by atoms with Crippen LogP contribution in [0.4, 0.5) is 0 Å². The summed E-state index contributed by atoms with van der Waals surface area (Å²) in [4.78, 5) is 3.49. The summed E-state index contributed by atoms with van der Waals surface area (Å²) in [5.74, 6) is 0.722. The van der Waals surface area contributed by atoms with E-state index in [1.165, 1.54) is 31.8 Å². The first-order chi connectivity index (χ1) is 23.2. The van der Waals surface area contributed by atoms with E-state index in [0.717, 1.165) is 19.2 Å². The molecule has 0 heterocycles. The topological polar surface area (TPSA) is 41.5 Å². The quantitative estimate of drug-likeness (QED) is 0.0723. The third-order valence-electron chi connectivity index (χ3n) is 7.18. The van der Waals surface area contributed by atoms with Crippen LogP contribution in [0.1, 0.15) is 13.8 Å². The molecule has 0 aromatic heterocycles. The molecule has 6 aromatic rings. The Hall–Kier alpha value is -3.65. The zero-order valence-corrected chi connectivity index (χ0v) is 29.8. The summed E-state index contributed by atoms with van der Waals surface area (Å²) in [5.41, 5.74) is 0. The second-order valence-corrected chi connectivity index (χ2v) is 16.5. The molecule has 0 radical (unpaired) electrons. The maximum Gasteiger partial charge on any atom is 0.111 e. The van der Waals surface area contributed by atoms with Gasteiger partial charge in [-0.25, -0.2) is 4.89 Å². The molecule has 0 aliphatic rings. The Morgan fingerprint density at radius 2 is 0.702 bits per heavy atom. The molecule has 0 saturated carbocycles. The summed E-state index contributed by atoms with van der Waals surface area (Å²) in [5, 5.41) is 20.0. The van der Waals surface area contributed by atoms with Gasteiger partial charge in [-0.2, -0.15) is 0 Å². The molecule has 0 aliphatic heterocycles. The van der Waals surface area contributed by atoms with Crippen LogP contribution in [0.5, 0.6) is 0 Å². The van der Waals surface area contributed by atoms with Crippen molar-refractivity contribution in [1.82, 2.24) is 0 Å².